The van der Waals surface area contributed by atoms with E-state index in [1.807, 2.05) is 18.2 Å². The van der Waals surface area contributed by atoms with Crippen LogP contribution in [-0.4, -0.2) is 26.5 Å². The number of hydrogen-bond acceptors (Lipinski definition) is 3. The Hall–Kier alpha value is -0.870. The van der Waals surface area contributed by atoms with Crippen LogP contribution in [-0.2, 0) is 9.84 Å². The van der Waals surface area contributed by atoms with Gasteiger partial charge in [-0.05, 0) is 12.0 Å². The Balaban J connectivity index is 2.54. The van der Waals surface area contributed by atoms with Crippen molar-refractivity contribution in [2.45, 2.75) is 32.7 Å². The van der Waals surface area contributed by atoms with Gasteiger partial charge in [0.05, 0.1) is 5.75 Å². The lowest BCUT2D eigenvalue weighted by Gasteiger charge is -2.18. The predicted octanol–water partition coefficient (Wildman–Crippen LogP) is 2.55. The lowest BCUT2D eigenvalue weighted by atomic mass is 10.0. The van der Waals surface area contributed by atoms with Gasteiger partial charge in [-0.3, -0.25) is 0 Å². The van der Waals surface area contributed by atoms with Crippen molar-refractivity contribution in [1.29, 1.82) is 0 Å². The third kappa shape index (κ3) is 5.19. The molecule has 1 atom stereocenters. The van der Waals surface area contributed by atoms with Gasteiger partial charge in [-0.15, -0.1) is 0 Å². The average Bonchev–Trinajstić information content (AvgIpc) is 2.39. The number of nitrogens with one attached hydrogen (secondary N) is 1. The van der Waals surface area contributed by atoms with Crippen LogP contribution >= 0.6 is 0 Å². The summed E-state index contributed by atoms with van der Waals surface area (Å²) in [7, 11) is -2.87. The molecule has 0 aliphatic rings. The molecular weight excluding hydrogens is 246 g/mol. The van der Waals surface area contributed by atoms with Gasteiger partial charge >= 0.3 is 0 Å². The fourth-order valence-corrected chi connectivity index (χ4v) is 2.61. The lowest BCUT2D eigenvalue weighted by Crippen LogP contribution is -2.27. The van der Waals surface area contributed by atoms with Crippen LogP contribution < -0.4 is 5.32 Å². The zero-order chi connectivity index (χ0) is 13.4. The summed E-state index contributed by atoms with van der Waals surface area (Å²) in [5, 5.41) is 3.35. The van der Waals surface area contributed by atoms with Crippen molar-refractivity contribution in [2.24, 2.45) is 0 Å². The molecule has 0 saturated carbocycles. The molecule has 0 amide bonds. The predicted molar refractivity (Wildman–Crippen MR) is 76.4 cm³/mol. The summed E-state index contributed by atoms with van der Waals surface area (Å²) in [6, 6.07) is 10.4. The minimum Gasteiger partial charge on any atom is -0.309 e. The van der Waals surface area contributed by atoms with Crippen molar-refractivity contribution < 1.29 is 8.42 Å². The molecule has 0 radical (unpaired) electrons. The molecule has 0 heterocycles. The molecule has 0 fully saturated rings. The highest BCUT2D eigenvalue weighted by Crippen LogP contribution is 2.17. The first-order chi connectivity index (χ1) is 8.59. The molecule has 18 heavy (non-hydrogen) atoms. The Labute approximate surface area is 111 Å². The van der Waals surface area contributed by atoms with Gasteiger partial charge in [0.1, 0.15) is 0 Å². The zero-order valence-corrected chi connectivity index (χ0v) is 12.0. The van der Waals surface area contributed by atoms with E-state index < -0.39 is 9.84 Å². The molecule has 1 rings (SSSR count). The maximum atomic E-state index is 11.4. The van der Waals surface area contributed by atoms with Crippen molar-refractivity contribution in [2.75, 3.05) is 18.1 Å². The van der Waals surface area contributed by atoms with Crippen molar-refractivity contribution in [3.05, 3.63) is 35.9 Å². The summed E-state index contributed by atoms with van der Waals surface area (Å²) in [5.41, 5.74) is 1.23. The molecule has 0 aliphatic heterocycles. The van der Waals surface area contributed by atoms with Crippen LogP contribution in [0.15, 0.2) is 30.3 Å². The average molecular weight is 269 g/mol. The molecule has 0 spiro atoms. The number of sulfone groups is 1. The van der Waals surface area contributed by atoms with Crippen molar-refractivity contribution in [3.8, 4) is 0 Å². The highest BCUT2D eigenvalue weighted by atomic mass is 32.2. The van der Waals surface area contributed by atoms with E-state index in [0.717, 1.165) is 12.8 Å². The molecule has 1 aromatic carbocycles. The zero-order valence-electron chi connectivity index (χ0n) is 11.2. The first-order valence-corrected chi connectivity index (χ1v) is 8.40. The van der Waals surface area contributed by atoms with E-state index in [4.69, 9.17) is 0 Å². The van der Waals surface area contributed by atoms with Crippen LogP contribution in [0.25, 0.3) is 0 Å². The number of rotatable bonds is 8. The van der Waals surface area contributed by atoms with Gasteiger partial charge in [0, 0.05) is 18.3 Å². The summed E-state index contributed by atoms with van der Waals surface area (Å²) < 4.78 is 22.9. The highest BCUT2D eigenvalue weighted by Gasteiger charge is 2.12. The van der Waals surface area contributed by atoms with Crippen LogP contribution in [0, 0.1) is 0 Å². The summed E-state index contributed by atoms with van der Waals surface area (Å²) in [5.74, 6) is 0.439. The summed E-state index contributed by atoms with van der Waals surface area (Å²) in [4.78, 5) is 0. The Morgan fingerprint density at radius 3 is 2.39 bits per heavy atom. The van der Waals surface area contributed by atoms with Gasteiger partial charge in [-0.2, -0.15) is 0 Å². The quantitative estimate of drug-likeness (QED) is 0.789. The van der Waals surface area contributed by atoms with Gasteiger partial charge in [-0.1, -0.05) is 50.6 Å². The smallest absolute Gasteiger partial charge is 0.151 e. The molecule has 0 aromatic heterocycles. The van der Waals surface area contributed by atoms with Crippen LogP contribution in [0.1, 0.15) is 38.3 Å². The lowest BCUT2D eigenvalue weighted by molar-refractivity contribution is 0.506. The van der Waals surface area contributed by atoms with Crippen molar-refractivity contribution >= 4 is 9.84 Å². The van der Waals surface area contributed by atoms with E-state index in [-0.39, 0.29) is 17.5 Å². The normalized spacial score (nSPS) is 13.4. The molecule has 3 nitrogen and oxygen atoms in total. The van der Waals surface area contributed by atoms with Gasteiger partial charge in [-0.25, -0.2) is 8.42 Å². The maximum absolute atomic E-state index is 11.4. The molecular formula is C14H23NO2S. The molecule has 1 aromatic rings. The van der Waals surface area contributed by atoms with Crippen LogP contribution in [0.4, 0.5) is 0 Å². The van der Waals surface area contributed by atoms with Gasteiger partial charge < -0.3 is 5.32 Å². The topological polar surface area (TPSA) is 46.2 Å². The molecule has 4 heteroatoms. The monoisotopic (exact) mass is 269 g/mol. The van der Waals surface area contributed by atoms with E-state index in [1.165, 1.54) is 5.56 Å². The Bertz CT molecular complexity index is 428. The van der Waals surface area contributed by atoms with E-state index in [9.17, 15) is 8.42 Å². The summed E-state index contributed by atoms with van der Waals surface area (Å²) in [6.07, 6.45) is 2.10. The van der Waals surface area contributed by atoms with Crippen molar-refractivity contribution in [1.82, 2.24) is 5.32 Å². The highest BCUT2D eigenvalue weighted by molar-refractivity contribution is 7.91. The summed E-state index contributed by atoms with van der Waals surface area (Å²) >= 11 is 0. The van der Waals surface area contributed by atoms with E-state index in [2.05, 4.69) is 24.4 Å². The van der Waals surface area contributed by atoms with Gasteiger partial charge in [0.15, 0.2) is 9.84 Å². The second-order valence-corrected chi connectivity index (χ2v) is 6.92. The molecule has 0 saturated heterocycles. The van der Waals surface area contributed by atoms with E-state index in [1.54, 1.807) is 6.92 Å². The standard InChI is InChI=1S/C14H23NO2S/c1-3-8-14(13-9-6-5-7-10-13)15-11-12-18(16,17)4-2/h5-7,9-10,14-15H,3-4,8,11-12H2,1-2H3. The number of hydrogen-bond donors (Lipinski definition) is 1. The fourth-order valence-electron chi connectivity index (χ4n) is 1.89. The van der Waals surface area contributed by atoms with E-state index in [0.29, 0.717) is 6.54 Å². The first-order valence-electron chi connectivity index (χ1n) is 6.57. The first kappa shape index (κ1) is 15.2. The molecule has 0 aliphatic carbocycles. The third-order valence-corrected chi connectivity index (χ3v) is 4.73. The van der Waals surface area contributed by atoms with Crippen LogP contribution in [0.3, 0.4) is 0 Å². The molecule has 102 valence electrons. The Kier molecular flexibility index (Phi) is 6.36. The molecule has 0 bridgehead atoms. The van der Waals surface area contributed by atoms with Gasteiger partial charge in [0.25, 0.3) is 0 Å². The van der Waals surface area contributed by atoms with Crippen molar-refractivity contribution in [3.63, 3.8) is 0 Å². The largest absolute Gasteiger partial charge is 0.309 e. The van der Waals surface area contributed by atoms with Gasteiger partial charge in [0.2, 0.25) is 0 Å². The second-order valence-electron chi connectivity index (χ2n) is 4.44. The minimum absolute atomic E-state index is 0.219. The van der Waals surface area contributed by atoms with Crippen LogP contribution in [0.5, 0.6) is 0 Å². The second kappa shape index (κ2) is 7.54. The summed E-state index contributed by atoms with van der Waals surface area (Å²) in [6.45, 7) is 4.35. The SMILES string of the molecule is CCCC(NCCS(=O)(=O)CC)c1ccccc1. The fraction of sp³-hybridized carbons (Fsp3) is 0.571. The molecule has 1 unspecified atom stereocenters. The maximum Gasteiger partial charge on any atom is 0.151 e. The third-order valence-electron chi connectivity index (χ3n) is 3.02. The van der Waals surface area contributed by atoms with E-state index >= 15 is 0 Å². The minimum atomic E-state index is -2.87. The molecule has 1 N–H and O–H groups in total. The van der Waals surface area contributed by atoms with Crippen LogP contribution in [0.2, 0.25) is 0 Å². The Morgan fingerprint density at radius 2 is 1.83 bits per heavy atom. The Morgan fingerprint density at radius 1 is 1.17 bits per heavy atom. The number of benzene rings is 1.